The molecule has 0 aliphatic rings. The molecule has 9 heteroatoms. The zero-order chi connectivity index (χ0) is 19.7. The van der Waals surface area contributed by atoms with Crippen molar-refractivity contribution >= 4 is 6.47 Å². The van der Waals surface area contributed by atoms with E-state index in [-0.39, 0.29) is 42.6 Å². The SMILES string of the molecule is O=CO.Oc1ccc(C(O)CNCC(O)c2ccc(O)c(O)c2)cc1O. The van der Waals surface area contributed by atoms with Gasteiger partial charge < -0.3 is 41.1 Å². The second-order valence-corrected chi connectivity index (χ2v) is 5.29. The van der Waals surface area contributed by atoms with E-state index in [0.717, 1.165) is 0 Å². The summed E-state index contributed by atoms with van der Waals surface area (Å²) in [4.78, 5) is 8.36. The number of carbonyl (C=O) groups is 1. The van der Waals surface area contributed by atoms with Crippen molar-refractivity contribution in [1.29, 1.82) is 0 Å². The summed E-state index contributed by atoms with van der Waals surface area (Å²) in [5.41, 5.74) is 0.842. The van der Waals surface area contributed by atoms with Gasteiger partial charge in [0.15, 0.2) is 23.0 Å². The molecule has 2 rings (SSSR count). The van der Waals surface area contributed by atoms with Crippen LogP contribution in [-0.2, 0) is 4.79 Å². The topological polar surface area (TPSA) is 171 Å². The Bertz CT molecular complexity index is 664. The van der Waals surface area contributed by atoms with E-state index in [9.17, 15) is 30.6 Å². The fraction of sp³-hybridized carbons (Fsp3) is 0.235. The van der Waals surface area contributed by atoms with Gasteiger partial charge in [-0.15, -0.1) is 0 Å². The van der Waals surface area contributed by atoms with Gasteiger partial charge in [0.2, 0.25) is 0 Å². The molecule has 0 aliphatic heterocycles. The van der Waals surface area contributed by atoms with E-state index in [2.05, 4.69) is 5.32 Å². The molecule has 2 aromatic rings. The molecule has 0 radical (unpaired) electrons. The third-order valence-corrected chi connectivity index (χ3v) is 3.44. The third kappa shape index (κ3) is 6.13. The maximum absolute atomic E-state index is 9.99. The second-order valence-electron chi connectivity index (χ2n) is 5.29. The van der Waals surface area contributed by atoms with Gasteiger partial charge >= 0.3 is 0 Å². The highest BCUT2D eigenvalue weighted by molar-refractivity contribution is 5.42. The maximum Gasteiger partial charge on any atom is 0.290 e. The fourth-order valence-corrected chi connectivity index (χ4v) is 2.09. The Balaban J connectivity index is 0.00000105. The first-order valence-electron chi connectivity index (χ1n) is 7.48. The standard InChI is InChI=1S/C16H19NO6.CH2O2/c18-11-3-1-9(5-13(11)20)15(22)7-17-8-16(23)10-2-4-12(19)14(21)6-10;2-1-3/h1-6,15-23H,7-8H2;1H,(H,2,3). The van der Waals surface area contributed by atoms with Crippen LogP contribution in [0.3, 0.4) is 0 Å². The number of hydrogen-bond donors (Lipinski definition) is 8. The molecule has 0 bridgehead atoms. The van der Waals surface area contributed by atoms with Crippen molar-refractivity contribution < 1.29 is 40.5 Å². The van der Waals surface area contributed by atoms with Crippen LogP contribution in [0.4, 0.5) is 0 Å². The molecule has 142 valence electrons. The number of hydrogen-bond acceptors (Lipinski definition) is 8. The van der Waals surface area contributed by atoms with E-state index in [1.54, 1.807) is 0 Å². The molecule has 2 unspecified atom stereocenters. The van der Waals surface area contributed by atoms with Crippen molar-refractivity contribution in [2.75, 3.05) is 13.1 Å². The summed E-state index contributed by atoms with van der Waals surface area (Å²) in [7, 11) is 0. The summed E-state index contributed by atoms with van der Waals surface area (Å²) in [5, 5.41) is 67.0. The molecule has 26 heavy (non-hydrogen) atoms. The number of carboxylic acid groups (broad SMARTS) is 1. The second kappa shape index (κ2) is 10.1. The van der Waals surface area contributed by atoms with Gasteiger partial charge in [-0.05, 0) is 35.4 Å². The number of aromatic hydroxyl groups is 4. The van der Waals surface area contributed by atoms with Crippen LogP contribution in [0.2, 0.25) is 0 Å². The van der Waals surface area contributed by atoms with Gasteiger partial charge in [0.05, 0.1) is 12.2 Å². The van der Waals surface area contributed by atoms with Crippen molar-refractivity contribution in [1.82, 2.24) is 5.32 Å². The van der Waals surface area contributed by atoms with Gasteiger partial charge in [-0.1, -0.05) is 12.1 Å². The molecule has 2 aromatic carbocycles. The average molecular weight is 367 g/mol. The summed E-state index contributed by atoms with van der Waals surface area (Å²) in [6, 6.07) is 8.04. The van der Waals surface area contributed by atoms with Crippen LogP contribution in [0.5, 0.6) is 23.0 Å². The molecule has 0 heterocycles. The zero-order valence-electron chi connectivity index (χ0n) is 13.6. The highest BCUT2D eigenvalue weighted by Gasteiger charge is 2.13. The number of benzene rings is 2. The van der Waals surface area contributed by atoms with Gasteiger partial charge in [0, 0.05) is 13.1 Å². The number of aliphatic hydroxyl groups excluding tert-OH is 2. The number of nitrogens with one attached hydrogen (secondary N) is 1. The van der Waals surface area contributed by atoms with Crippen LogP contribution in [0.1, 0.15) is 23.3 Å². The predicted octanol–water partition coefficient (Wildman–Crippen LogP) is 0.566. The minimum Gasteiger partial charge on any atom is -0.504 e. The number of aliphatic hydroxyl groups is 2. The quantitative estimate of drug-likeness (QED) is 0.268. The lowest BCUT2D eigenvalue weighted by Crippen LogP contribution is -2.26. The van der Waals surface area contributed by atoms with Gasteiger partial charge in [-0.3, -0.25) is 4.79 Å². The summed E-state index contributed by atoms with van der Waals surface area (Å²) >= 11 is 0. The number of phenolic OH excluding ortho intramolecular Hbond substituents is 4. The molecule has 0 fully saturated rings. The maximum atomic E-state index is 9.99. The van der Waals surface area contributed by atoms with Crippen molar-refractivity contribution in [2.45, 2.75) is 12.2 Å². The highest BCUT2D eigenvalue weighted by Crippen LogP contribution is 2.28. The van der Waals surface area contributed by atoms with Crippen LogP contribution in [0.25, 0.3) is 0 Å². The first kappa shape index (κ1) is 21.0. The monoisotopic (exact) mass is 367 g/mol. The molecule has 0 amide bonds. The van der Waals surface area contributed by atoms with Crippen molar-refractivity contribution in [2.24, 2.45) is 0 Å². The molecule has 9 nitrogen and oxygen atoms in total. The van der Waals surface area contributed by atoms with E-state index in [1.807, 2.05) is 0 Å². The average Bonchev–Trinajstić information content (AvgIpc) is 2.60. The lowest BCUT2D eigenvalue weighted by molar-refractivity contribution is -0.122. The van der Waals surface area contributed by atoms with Crippen molar-refractivity contribution in [3.8, 4) is 23.0 Å². The predicted molar refractivity (Wildman–Crippen MR) is 91.0 cm³/mol. The van der Waals surface area contributed by atoms with Gasteiger partial charge in [-0.2, -0.15) is 0 Å². The first-order chi connectivity index (χ1) is 12.3. The first-order valence-corrected chi connectivity index (χ1v) is 7.48. The summed E-state index contributed by atoms with van der Waals surface area (Å²) < 4.78 is 0. The summed E-state index contributed by atoms with van der Waals surface area (Å²) in [6.45, 7) is -0.0172. The number of rotatable bonds is 6. The summed E-state index contributed by atoms with van der Waals surface area (Å²) in [5.74, 6) is -1.17. The Labute approximate surface area is 149 Å². The van der Waals surface area contributed by atoms with E-state index in [0.29, 0.717) is 11.1 Å². The Kier molecular flexibility index (Phi) is 8.16. The Morgan fingerprint density at radius 2 is 1.12 bits per heavy atom. The molecular formula is C17H21NO8. The molecule has 0 saturated carbocycles. The summed E-state index contributed by atoms with van der Waals surface area (Å²) in [6.07, 6.45) is -1.86. The molecule has 8 N–H and O–H groups in total. The molecule has 0 aliphatic carbocycles. The highest BCUT2D eigenvalue weighted by atomic mass is 16.3. The Morgan fingerprint density at radius 3 is 1.42 bits per heavy atom. The van der Waals surface area contributed by atoms with Crippen LogP contribution >= 0.6 is 0 Å². The Hall–Kier alpha value is -3.01. The minimum atomic E-state index is -0.929. The molecule has 2 atom stereocenters. The van der Waals surface area contributed by atoms with E-state index in [4.69, 9.17) is 9.90 Å². The lowest BCUT2D eigenvalue weighted by Gasteiger charge is -2.16. The van der Waals surface area contributed by atoms with Crippen LogP contribution in [-0.4, -0.2) is 55.3 Å². The molecule has 0 spiro atoms. The van der Waals surface area contributed by atoms with Crippen LogP contribution < -0.4 is 5.32 Å². The lowest BCUT2D eigenvalue weighted by atomic mass is 10.1. The van der Waals surface area contributed by atoms with Gasteiger partial charge in [0.25, 0.3) is 6.47 Å². The van der Waals surface area contributed by atoms with Crippen LogP contribution in [0, 0.1) is 0 Å². The van der Waals surface area contributed by atoms with Gasteiger partial charge in [-0.25, -0.2) is 0 Å². The van der Waals surface area contributed by atoms with E-state index < -0.39 is 12.2 Å². The molecular weight excluding hydrogens is 346 g/mol. The van der Waals surface area contributed by atoms with Crippen LogP contribution in [0.15, 0.2) is 36.4 Å². The van der Waals surface area contributed by atoms with Gasteiger partial charge in [0.1, 0.15) is 0 Å². The Morgan fingerprint density at radius 1 is 0.769 bits per heavy atom. The van der Waals surface area contributed by atoms with E-state index in [1.165, 1.54) is 36.4 Å². The fourth-order valence-electron chi connectivity index (χ4n) is 2.09. The normalized spacial score (nSPS) is 12.5. The molecule has 0 aromatic heterocycles. The van der Waals surface area contributed by atoms with Crippen molar-refractivity contribution in [3.05, 3.63) is 47.5 Å². The molecule has 0 saturated heterocycles. The van der Waals surface area contributed by atoms with Crippen molar-refractivity contribution in [3.63, 3.8) is 0 Å². The minimum absolute atomic E-state index is 0.116. The zero-order valence-corrected chi connectivity index (χ0v) is 13.6. The third-order valence-electron chi connectivity index (χ3n) is 3.44. The largest absolute Gasteiger partial charge is 0.504 e. The smallest absolute Gasteiger partial charge is 0.290 e. The number of phenols is 4. The van der Waals surface area contributed by atoms with E-state index >= 15 is 0 Å².